The molecule has 9 nitrogen and oxygen atoms in total. The summed E-state index contributed by atoms with van der Waals surface area (Å²) >= 11 is 0. The molecule has 2 aromatic carbocycles. The molecule has 2 N–H and O–H groups in total. The van der Waals surface area contributed by atoms with Crippen LogP contribution in [0.5, 0.6) is 0 Å². The Morgan fingerprint density at radius 2 is 1.74 bits per heavy atom. The minimum Gasteiger partial charge on any atom is -0.744 e. The normalized spacial score (nSPS) is 11.3. The number of hydrogen-bond acceptors (Lipinski definition) is 8. The van der Waals surface area contributed by atoms with Crippen LogP contribution in [0.1, 0.15) is 0 Å². The Hall–Kier alpha value is -2.63. The summed E-state index contributed by atoms with van der Waals surface area (Å²) in [5.41, 5.74) is -0.0601. The Kier molecular flexibility index (Phi) is 6.30. The number of hydrogen-bond donors (Lipinski definition) is 2. The summed E-state index contributed by atoms with van der Waals surface area (Å²) in [5.74, 6) is 0. The van der Waals surface area contributed by atoms with Crippen molar-refractivity contribution in [1.29, 1.82) is 0 Å². The van der Waals surface area contributed by atoms with Gasteiger partial charge in [-0.25, -0.2) is 8.42 Å². The van der Waals surface area contributed by atoms with Crippen LogP contribution in [0, 0.1) is 10.8 Å². The first-order chi connectivity index (χ1) is 14.1. The predicted octanol–water partition coefficient (Wildman–Crippen LogP) is -1.08. The van der Waals surface area contributed by atoms with Crippen LogP contribution in [0.4, 0.5) is 17.1 Å². The van der Waals surface area contributed by atoms with Gasteiger partial charge in [0.2, 0.25) is 10.8 Å². The van der Waals surface area contributed by atoms with Crippen LogP contribution in [0.2, 0.25) is 0 Å². The molecule has 1 heterocycles. The summed E-state index contributed by atoms with van der Waals surface area (Å²) in [6.07, 6.45) is 0. The molecule has 0 amide bonds. The van der Waals surface area contributed by atoms with Crippen molar-refractivity contribution in [1.82, 2.24) is 4.98 Å². The quantitative estimate of drug-likeness (QED) is 0.228. The van der Waals surface area contributed by atoms with Gasteiger partial charge >= 0.3 is 29.6 Å². The minimum absolute atomic E-state index is 0. The van der Waals surface area contributed by atoms with Crippen LogP contribution in [0.3, 0.4) is 0 Å². The molecule has 4 rings (SSSR count). The Morgan fingerprint density at radius 1 is 1.03 bits per heavy atom. The molecule has 0 radical (unpaired) electrons. The first-order valence-corrected chi connectivity index (χ1v) is 10.2. The maximum absolute atomic E-state index is 12.4. The van der Waals surface area contributed by atoms with Crippen molar-refractivity contribution in [3.05, 3.63) is 79.7 Å². The van der Waals surface area contributed by atoms with Crippen molar-refractivity contribution >= 4 is 38.3 Å². The zero-order chi connectivity index (χ0) is 21.6. The molecule has 0 atom stereocenters. The monoisotopic (exact) mass is 449 g/mol. The van der Waals surface area contributed by atoms with Gasteiger partial charge in [-0.05, 0) is 24.3 Å². The van der Waals surface area contributed by atoms with E-state index in [-0.39, 0.29) is 51.7 Å². The Morgan fingerprint density at radius 3 is 2.42 bits per heavy atom. The van der Waals surface area contributed by atoms with Crippen molar-refractivity contribution < 1.29 is 46.9 Å². The topological polar surface area (TPSA) is 136 Å². The number of nitrogens with zero attached hydrogens (tertiary/aromatic N) is 1. The van der Waals surface area contributed by atoms with Gasteiger partial charge in [0, 0.05) is 31.9 Å². The van der Waals surface area contributed by atoms with E-state index in [0.717, 1.165) is 17.8 Å². The molecule has 2 aliphatic rings. The van der Waals surface area contributed by atoms with Crippen LogP contribution < -0.4 is 50.6 Å². The first-order valence-electron chi connectivity index (χ1n) is 8.78. The van der Waals surface area contributed by atoms with E-state index in [2.05, 4.69) is 10.3 Å². The average molecular weight is 449 g/mol. The van der Waals surface area contributed by atoms with Crippen molar-refractivity contribution in [2.45, 2.75) is 4.90 Å². The van der Waals surface area contributed by atoms with Gasteiger partial charge in [0.1, 0.15) is 15.5 Å². The summed E-state index contributed by atoms with van der Waals surface area (Å²) in [6, 6.07) is 11.8. The summed E-state index contributed by atoms with van der Waals surface area (Å²) < 4.78 is 40.4. The second-order valence-corrected chi connectivity index (χ2v) is 8.18. The van der Waals surface area contributed by atoms with Gasteiger partial charge < -0.3 is 24.2 Å². The molecule has 0 aromatic heterocycles. The minimum atomic E-state index is -4.76. The molecule has 154 valence electrons. The maximum atomic E-state index is 12.4. The van der Waals surface area contributed by atoms with Crippen molar-refractivity contribution in [2.24, 2.45) is 0 Å². The molecule has 1 aliphatic heterocycles. The van der Waals surface area contributed by atoms with Gasteiger partial charge in [0.05, 0.1) is 21.8 Å². The Balaban J connectivity index is 0.00000272. The number of anilines is 3. The fourth-order valence-electron chi connectivity index (χ4n) is 3.09. The second-order valence-electron chi connectivity index (χ2n) is 6.83. The first kappa shape index (κ1) is 23.0. The number of benzene rings is 2. The summed E-state index contributed by atoms with van der Waals surface area (Å²) in [5, 5.41) is 2.94. The van der Waals surface area contributed by atoms with Gasteiger partial charge in [-0.15, -0.1) is 0 Å². The molecule has 0 unspecified atom stereocenters. The number of nitrogens with one attached hydrogen (secondary N) is 2. The van der Waals surface area contributed by atoms with E-state index in [4.69, 9.17) is 4.42 Å². The molecule has 0 saturated heterocycles. The molecule has 0 spiro atoms. The summed E-state index contributed by atoms with van der Waals surface area (Å²) in [4.78, 5) is 29.1. The molecule has 0 fully saturated rings. The van der Waals surface area contributed by atoms with E-state index >= 15 is 0 Å². The number of fused-ring (bicyclic) bond motifs is 1. The predicted molar refractivity (Wildman–Crippen MR) is 110 cm³/mol. The van der Waals surface area contributed by atoms with Gasteiger partial charge in [0.15, 0.2) is 5.58 Å². The third kappa shape index (κ3) is 4.39. The average Bonchev–Trinajstić information content (AvgIpc) is 2.70. The van der Waals surface area contributed by atoms with E-state index in [1.54, 1.807) is 12.1 Å². The van der Waals surface area contributed by atoms with Crippen molar-refractivity contribution in [2.75, 3.05) is 24.3 Å². The van der Waals surface area contributed by atoms with E-state index in [1.165, 1.54) is 18.2 Å². The Labute approximate surface area is 198 Å². The fraction of sp³-hybridized carbons (Fsp3) is 0.100. The molecular formula is C20H16N3NaO6S. The number of para-hydroxylation sites is 1. The Bertz CT molecular complexity index is 1580. The third-order valence-corrected chi connectivity index (χ3v) is 5.48. The van der Waals surface area contributed by atoms with Gasteiger partial charge in [-0.1, -0.05) is 12.1 Å². The number of aromatic amines is 1. The maximum Gasteiger partial charge on any atom is 1.00 e. The van der Waals surface area contributed by atoms with E-state index in [0.29, 0.717) is 11.1 Å². The van der Waals surface area contributed by atoms with Crippen LogP contribution >= 0.6 is 0 Å². The largest absolute Gasteiger partial charge is 1.00 e. The van der Waals surface area contributed by atoms with E-state index in [9.17, 15) is 22.6 Å². The molecule has 2 aromatic rings. The van der Waals surface area contributed by atoms with Crippen LogP contribution in [0.15, 0.2) is 67.4 Å². The van der Waals surface area contributed by atoms with Crippen LogP contribution in [-0.4, -0.2) is 32.0 Å². The van der Waals surface area contributed by atoms with Crippen LogP contribution in [0.25, 0.3) is 11.1 Å². The van der Waals surface area contributed by atoms with E-state index < -0.39 is 25.9 Å². The SMILES string of the molecule is CN(C)c1ccc2[nH]c3c(Nc4ccccc4S(=O)(=O)[O-])cc(=O)c(=O)c=3oc2c1.[Na+]. The molecule has 11 heteroatoms. The number of aromatic nitrogens is 1. The smallest absolute Gasteiger partial charge is 0.744 e. The van der Waals surface area contributed by atoms with Crippen molar-refractivity contribution in [3.8, 4) is 0 Å². The van der Waals surface area contributed by atoms with Gasteiger partial charge in [0.25, 0.3) is 5.43 Å². The number of rotatable bonds is 4. The van der Waals surface area contributed by atoms with Crippen LogP contribution in [-0.2, 0) is 10.1 Å². The molecule has 0 bridgehead atoms. The second kappa shape index (κ2) is 8.48. The standard InChI is InChI=1S/C20H17N3O6S.Na/c1-23(2)11-7-8-12-16(9-11)29-20-18(22-12)14(10-15(24)19(20)25)21-13-5-3-4-6-17(13)30(26,27)28;/h3-10,21-22H,1-2H3,(H,26,27,28);/q;+1/p-1. The summed E-state index contributed by atoms with van der Waals surface area (Å²) in [7, 11) is -1.06. The fourth-order valence-corrected chi connectivity index (χ4v) is 3.72. The molecule has 0 saturated carbocycles. The molecular weight excluding hydrogens is 433 g/mol. The van der Waals surface area contributed by atoms with Gasteiger partial charge in [-0.3, -0.25) is 9.59 Å². The van der Waals surface area contributed by atoms with E-state index in [1.807, 2.05) is 25.1 Å². The summed E-state index contributed by atoms with van der Waals surface area (Å²) in [6.45, 7) is 0. The van der Waals surface area contributed by atoms with Gasteiger partial charge in [-0.2, -0.15) is 0 Å². The zero-order valence-electron chi connectivity index (χ0n) is 16.9. The van der Waals surface area contributed by atoms with Crippen molar-refractivity contribution in [3.63, 3.8) is 0 Å². The number of H-pyrrole nitrogens is 1. The third-order valence-electron chi connectivity index (χ3n) is 4.58. The molecule has 31 heavy (non-hydrogen) atoms. The zero-order valence-corrected chi connectivity index (χ0v) is 19.7. The molecule has 1 aliphatic carbocycles.